The number of aryl methyl sites for hydroxylation is 5. The maximum Gasteiger partial charge on any atom is 0.169 e. The summed E-state index contributed by atoms with van der Waals surface area (Å²) in [5.74, 6) is 1.97. The molecule has 2 nitrogen and oxygen atoms in total. The minimum atomic E-state index is 0.902. The van der Waals surface area contributed by atoms with E-state index in [0.29, 0.717) is 0 Å². The Kier molecular flexibility index (Phi) is 14.7. The fourth-order valence-corrected chi connectivity index (χ4v) is 4.69. The molecule has 0 aliphatic heterocycles. The van der Waals surface area contributed by atoms with Crippen molar-refractivity contribution in [3.63, 3.8) is 0 Å². The molecule has 0 saturated heterocycles. The van der Waals surface area contributed by atoms with Gasteiger partial charge in [0.1, 0.15) is 0 Å². The minimum Gasteiger partial charge on any atom is -0.232 e. The number of hydrogen-bond donors (Lipinski definition) is 0. The molecule has 0 amide bonds. The Hall–Kier alpha value is -2.00. The first kappa shape index (κ1) is 30.0. The molecular weight excluding hydrogens is 432 g/mol. The molecule has 3 heteroatoms. The van der Waals surface area contributed by atoms with Crippen LogP contribution in [0.15, 0.2) is 36.4 Å². The van der Waals surface area contributed by atoms with Crippen molar-refractivity contribution in [2.24, 2.45) is 5.92 Å². The molecule has 4 rings (SSSR count). The summed E-state index contributed by atoms with van der Waals surface area (Å²) in [6.45, 7) is 19.2. The van der Waals surface area contributed by atoms with E-state index in [2.05, 4.69) is 84.9 Å². The van der Waals surface area contributed by atoms with E-state index in [1.54, 1.807) is 0 Å². The first-order chi connectivity index (χ1) is 16.4. The second kappa shape index (κ2) is 16.6. The van der Waals surface area contributed by atoms with Crippen LogP contribution in [0.25, 0.3) is 10.7 Å². The Bertz CT molecular complexity index is 916. The van der Waals surface area contributed by atoms with Crippen LogP contribution in [-0.2, 0) is 19.3 Å². The average Bonchev–Trinajstić information content (AvgIpc) is 3.30. The van der Waals surface area contributed by atoms with Crippen LogP contribution in [0.2, 0.25) is 0 Å². The lowest BCUT2D eigenvalue weighted by atomic mass is 9.88. The van der Waals surface area contributed by atoms with Gasteiger partial charge in [0, 0.05) is 16.3 Å². The van der Waals surface area contributed by atoms with Crippen LogP contribution in [-0.4, -0.2) is 9.97 Å². The van der Waals surface area contributed by atoms with Crippen LogP contribution >= 0.6 is 11.3 Å². The maximum atomic E-state index is 4.77. The number of aromatic nitrogens is 2. The molecule has 0 radical (unpaired) electrons. The lowest BCUT2D eigenvalue weighted by Crippen LogP contribution is -2.04. The highest BCUT2D eigenvalue weighted by Gasteiger charge is 2.12. The van der Waals surface area contributed by atoms with Gasteiger partial charge in [-0.05, 0) is 63.6 Å². The topological polar surface area (TPSA) is 25.8 Å². The predicted octanol–water partition coefficient (Wildman–Crippen LogP) is 9.73. The predicted molar refractivity (Wildman–Crippen MR) is 153 cm³/mol. The molecular formula is C31H48N2S. The Morgan fingerprint density at radius 3 is 1.79 bits per heavy atom. The molecule has 188 valence electrons. The second-order valence-electron chi connectivity index (χ2n) is 8.97. The Balaban J connectivity index is 0.000000314. The van der Waals surface area contributed by atoms with E-state index in [1.807, 2.05) is 25.2 Å². The summed E-state index contributed by atoms with van der Waals surface area (Å²) in [5.41, 5.74) is 6.31. The van der Waals surface area contributed by atoms with Crippen molar-refractivity contribution in [1.82, 2.24) is 9.97 Å². The molecule has 1 aromatic carbocycles. The molecule has 2 heterocycles. The summed E-state index contributed by atoms with van der Waals surface area (Å²) in [6, 6.07) is 12.9. The molecule has 1 saturated carbocycles. The van der Waals surface area contributed by atoms with Crippen molar-refractivity contribution in [3.8, 4) is 10.7 Å². The van der Waals surface area contributed by atoms with Crippen molar-refractivity contribution < 1.29 is 0 Å². The van der Waals surface area contributed by atoms with Crippen LogP contribution in [0.4, 0.5) is 0 Å². The van der Waals surface area contributed by atoms with Gasteiger partial charge in [0.25, 0.3) is 0 Å². The maximum absolute atomic E-state index is 4.77. The Morgan fingerprint density at radius 2 is 1.38 bits per heavy atom. The number of rotatable bonds is 5. The largest absolute Gasteiger partial charge is 0.232 e. The van der Waals surface area contributed by atoms with E-state index in [0.717, 1.165) is 36.7 Å². The molecule has 3 aromatic rings. The van der Waals surface area contributed by atoms with Crippen molar-refractivity contribution in [1.29, 1.82) is 0 Å². The highest BCUT2D eigenvalue weighted by Crippen LogP contribution is 2.28. The lowest BCUT2D eigenvalue weighted by molar-refractivity contribution is 0.346. The van der Waals surface area contributed by atoms with Gasteiger partial charge in [0.2, 0.25) is 0 Å². The second-order valence-corrected chi connectivity index (χ2v) is 10.1. The van der Waals surface area contributed by atoms with Gasteiger partial charge < -0.3 is 0 Å². The SMILES string of the molecule is CC.CC1CCC1.CCCc1ccc(-c2nc(C)c(CC)c(CC)n2)s1.Cc1ccc(C)cc1. The number of thiophene rings is 1. The van der Waals surface area contributed by atoms with Crippen molar-refractivity contribution in [2.45, 2.75) is 107 Å². The number of hydrogen-bond acceptors (Lipinski definition) is 3. The van der Waals surface area contributed by atoms with E-state index >= 15 is 0 Å². The summed E-state index contributed by atoms with van der Waals surface area (Å²) in [6.07, 6.45) is 8.79. The molecule has 2 aromatic heterocycles. The van der Waals surface area contributed by atoms with E-state index in [9.17, 15) is 0 Å². The van der Waals surface area contributed by atoms with E-state index in [1.165, 1.54) is 57.8 Å². The molecule has 34 heavy (non-hydrogen) atoms. The zero-order valence-corrected chi connectivity index (χ0v) is 24.1. The van der Waals surface area contributed by atoms with Gasteiger partial charge in [-0.2, -0.15) is 0 Å². The van der Waals surface area contributed by atoms with E-state index < -0.39 is 0 Å². The third-order valence-electron chi connectivity index (χ3n) is 5.98. The fourth-order valence-electron chi connectivity index (χ4n) is 3.65. The minimum absolute atomic E-state index is 0.902. The number of benzene rings is 1. The van der Waals surface area contributed by atoms with Gasteiger partial charge in [-0.1, -0.05) is 103 Å². The van der Waals surface area contributed by atoms with Gasteiger partial charge in [0.05, 0.1) is 4.88 Å². The van der Waals surface area contributed by atoms with Crippen molar-refractivity contribution in [2.75, 3.05) is 0 Å². The third kappa shape index (κ3) is 10.1. The fraction of sp³-hybridized carbons (Fsp3) is 0.548. The molecule has 1 aliphatic carbocycles. The zero-order valence-electron chi connectivity index (χ0n) is 23.3. The smallest absolute Gasteiger partial charge is 0.169 e. The average molecular weight is 481 g/mol. The first-order valence-electron chi connectivity index (χ1n) is 13.4. The summed E-state index contributed by atoms with van der Waals surface area (Å²) in [4.78, 5) is 12.1. The molecule has 0 N–H and O–H groups in total. The van der Waals surface area contributed by atoms with E-state index in [4.69, 9.17) is 9.97 Å². The molecule has 0 spiro atoms. The van der Waals surface area contributed by atoms with Crippen LogP contribution in [0.3, 0.4) is 0 Å². The standard InChI is InChI=1S/C16H22N2S.C8H10.C5H10.C2H6/c1-5-8-12-9-10-15(19-12)16-17-11(4)13(6-2)14(7-3)18-16;1-7-3-5-8(2)6-4-7;1-5-3-2-4-5;1-2/h9-10H,5-8H2,1-4H3;3-6H,1-2H3;5H,2-4H2,1H3;1-2H3. The number of nitrogens with zero attached hydrogens (tertiary/aromatic N) is 2. The van der Waals surface area contributed by atoms with Gasteiger partial charge in [-0.15, -0.1) is 11.3 Å². The molecule has 0 unspecified atom stereocenters. The highest BCUT2D eigenvalue weighted by atomic mass is 32.1. The third-order valence-corrected chi connectivity index (χ3v) is 7.12. The van der Waals surface area contributed by atoms with Crippen molar-refractivity contribution in [3.05, 3.63) is 69.4 Å². The van der Waals surface area contributed by atoms with Crippen LogP contribution in [0.5, 0.6) is 0 Å². The molecule has 1 fully saturated rings. The molecule has 0 bridgehead atoms. The summed E-state index contributed by atoms with van der Waals surface area (Å²) < 4.78 is 0. The molecule has 1 aliphatic rings. The summed E-state index contributed by atoms with van der Waals surface area (Å²) in [5, 5.41) is 0. The Morgan fingerprint density at radius 1 is 0.824 bits per heavy atom. The lowest BCUT2D eigenvalue weighted by Gasteiger charge is -2.18. The first-order valence-corrected chi connectivity index (χ1v) is 14.2. The van der Waals surface area contributed by atoms with Gasteiger partial charge in [-0.25, -0.2) is 9.97 Å². The Labute approximate surface area is 214 Å². The molecule has 0 atom stereocenters. The van der Waals surface area contributed by atoms with Crippen LogP contribution in [0, 0.1) is 26.7 Å². The van der Waals surface area contributed by atoms with E-state index in [-0.39, 0.29) is 0 Å². The van der Waals surface area contributed by atoms with Gasteiger partial charge >= 0.3 is 0 Å². The van der Waals surface area contributed by atoms with Crippen LogP contribution < -0.4 is 0 Å². The normalized spacial score (nSPS) is 12.3. The quantitative estimate of drug-likeness (QED) is 0.363. The van der Waals surface area contributed by atoms with Crippen LogP contribution in [0.1, 0.15) is 100 Å². The highest BCUT2D eigenvalue weighted by molar-refractivity contribution is 7.15. The zero-order chi connectivity index (χ0) is 25.5. The van der Waals surface area contributed by atoms with Crippen molar-refractivity contribution >= 4 is 11.3 Å². The summed E-state index contributed by atoms with van der Waals surface area (Å²) >= 11 is 1.83. The van der Waals surface area contributed by atoms with Gasteiger partial charge in [-0.3, -0.25) is 0 Å². The van der Waals surface area contributed by atoms with Gasteiger partial charge in [0.15, 0.2) is 5.82 Å². The monoisotopic (exact) mass is 480 g/mol. The summed E-state index contributed by atoms with van der Waals surface area (Å²) in [7, 11) is 0.